The Kier molecular flexibility index (Phi) is 22.2. The smallest absolute Gasteiger partial charge is 0.872 e. The van der Waals surface area contributed by atoms with Crippen molar-refractivity contribution >= 4 is 0 Å². The fraction of sp³-hybridized carbons (Fsp3) is 0.714. The minimum Gasteiger partial charge on any atom is -0.872 e. The van der Waals surface area contributed by atoms with Crippen molar-refractivity contribution in [1.82, 2.24) is 9.80 Å². The van der Waals surface area contributed by atoms with E-state index in [-0.39, 0.29) is 68.1 Å². The van der Waals surface area contributed by atoms with E-state index in [4.69, 9.17) is 0 Å². The van der Waals surface area contributed by atoms with E-state index in [0.717, 1.165) is 61.0 Å². The molecule has 0 amide bonds. The van der Waals surface area contributed by atoms with Gasteiger partial charge in [0.25, 0.3) is 0 Å². The quantitative estimate of drug-likeness (QED) is 0.235. The number of unbranched alkanes of at least 4 members (excludes halogenated alkanes) is 2. The summed E-state index contributed by atoms with van der Waals surface area (Å²) in [6, 6.07) is 8.43. The first kappa shape index (κ1) is 49.7. The topological polar surface area (TPSA) is 98.7 Å². The molecule has 6 nitrogen and oxygen atoms in total. The van der Waals surface area contributed by atoms with Gasteiger partial charge in [0.2, 0.25) is 0 Å². The van der Waals surface area contributed by atoms with E-state index in [2.05, 4.69) is 131 Å². The van der Waals surface area contributed by atoms with Crippen molar-refractivity contribution in [1.29, 1.82) is 0 Å². The number of rotatable bonds is 11. The van der Waals surface area contributed by atoms with Gasteiger partial charge in [0.15, 0.2) is 0 Å². The Morgan fingerprint density at radius 3 is 0.980 bits per heavy atom. The summed E-state index contributed by atoms with van der Waals surface area (Å²) in [5, 5.41) is 45.9. The first-order valence-electron chi connectivity index (χ1n) is 18.1. The molecule has 0 unspecified atom stereocenters. The Morgan fingerprint density at radius 1 is 0.510 bits per heavy atom. The predicted octanol–water partition coefficient (Wildman–Crippen LogP) is 6.88. The summed E-state index contributed by atoms with van der Waals surface area (Å²) >= 11 is 0. The van der Waals surface area contributed by atoms with Gasteiger partial charge in [-0.3, -0.25) is 0 Å². The van der Waals surface area contributed by atoms with E-state index < -0.39 is 0 Å². The molecule has 0 saturated carbocycles. The summed E-state index contributed by atoms with van der Waals surface area (Å²) < 4.78 is 0. The van der Waals surface area contributed by atoms with Crippen LogP contribution < -0.4 is 20.4 Å². The van der Waals surface area contributed by atoms with Crippen LogP contribution in [0, 0.1) is 0 Å². The molecule has 0 bridgehead atoms. The van der Waals surface area contributed by atoms with Gasteiger partial charge in [0.1, 0.15) is 0 Å². The molecule has 0 atom stereocenters. The molecule has 7 heteroatoms. The third-order valence-corrected chi connectivity index (χ3v) is 8.42. The Labute approximate surface area is 317 Å². The van der Waals surface area contributed by atoms with Crippen LogP contribution in [-0.4, -0.2) is 50.2 Å². The number of hydrogen-bond donors (Lipinski definition) is 0. The summed E-state index contributed by atoms with van der Waals surface area (Å²) in [6.07, 6.45) is 3.73. The Bertz CT molecular complexity index is 1120. The second-order valence-electron chi connectivity index (χ2n) is 17.6. The molecular weight excluding hydrogens is 644 g/mol. The van der Waals surface area contributed by atoms with Crippen LogP contribution in [0.4, 0.5) is 0 Å². The zero-order chi connectivity index (χ0) is 37.7. The minimum absolute atomic E-state index is 0. The van der Waals surface area contributed by atoms with Crippen LogP contribution in [0.2, 0.25) is 0 Å². The third-order valence-electron chi connectivity index (χ3n) is 8.42. The molecule has 0 heterocycles. The molecule has 0 aromatic heterocycles. The molecule has 0 N–H and O–H groups in total. The fourth-order valence-electron chi connectivity index (χ4n) is 4.96. The summed E-state index contributed by atoms with van der Waals surface area (Å²) in [4.78, 5) is 4.44. The van der Waals surface area contributed by atoms with E-state index in [1.165, 1.54) is 11.1 Å². The molecule has 0 spiro atoms. The third kappa shape index (κ3) is 18.1. The second kappa shape index (κ2) is 21.8. The number of likely N-dealkylation sites (N-methyl/N-ethyl adjacent to an activating group) is 2. The average Bonchev–Trinajstić information content (AvgIpc) is 2.93. The maximum absolute atomic E-state index is 13.4. The molecule has 49 heavy (non-hydrogen) atoms. The van der Waals surface area contributed by atoms with Crippen molar-refractivity contribution < 1.29 is 42.1 Å². The molecule has 2 aromatic rings. The normalized spacial score (nSPS) is 12.2. The predicted molar refractivity (Wildman–Crippen MR) is 199 cm³/mol. The molecule has 2 rings (SSSR count). The standard InChI is InChI=1S/C34H56N2O2.2C4H9O.Ti/c1-31(2,3)25-17-23(29(37)27(19-25)33(7,8)9)21-35(13)15-16-36(14)22-24-18-26(32(4,5)6)20-28(30(24)38)34(10,11)12;2*1-2-3-4-5;/h17-20,37-38H,15-16,21-22H2,1-14H3;2*2-4H2,1H3;/q;2*-1;+4/p-2. The molecule has 0 saturated heterocycles. The van der Waals surface area contributed by atoms with Gasteiger partial charge in [-0.15, -0.1) is 24.7 Å². The molecule has 0 fully saturated rings. The fourth-order valence-corrected chi connectivity index (χ4v) is 4.96. The van der Waals surface area contributed by atoms with Crippen LogP contribution in [0.1, 0.15) is 156 Å². The molecule has 278 valence electrons. The molecular formula is C42H72N2O4Ti. The van der Waals surface area contributed by atoms with Crippen molar-refractivity contribution in [2.24, 2.45) is 0 Å². The van der Waals surface area contributed by atoms with Gasteiger partial charge in [-0.2, -0.15) is 0 Å². The Hall–Kier alpha value is -1.41. The van der Waals surface area contributed by atoms with Crippen LogP contribution in [0.15, 0.2) is 24.3 Å². The van der Waals surface area contributed by atoms with E-state index in [9.17, 15) is 20.4 Å². The number of benzene rings is 2. The van der Waals surface area contributed by atoms with E-state index >= 15 is 0 Å². The minimum atomic E-state index is -0.199. The first-order valence-corrected chi connectivity index (χ1v) is 18.1. The van der Waals surface area contributed by atoms with E-state index in [0.29, 0.717) is 13.1 Å². The number of nitrogens with zero attached hydrogens (tertiary/aromatic N) is 2. The molecule has 2 aromatic carbocycles. The van der Waals surface area contributed by atoms with Crippen LogP contribution >= 0.6 is 0 Å². The van der Waals surface area contributed by atoms with Crippen molar-refractivity contribution in [3.63, 3.8) is 0 Å². The largest absolute Gasteiger partial charge is 4.00 e. The van der Waals surface area contributed by atoms with Gasteiger partial charge in [0, 0.05) is 26.2 Å². The van der Waals surface area contributed by atoms with Gasteiger partial charge in [-0.25, -0.2) is 0 Å². The van der Waals surface area contributed by atoms with E-state index in [1.807, 2.05) is 13.8 Å². The zero-order valence-electron chi connectivity index (χ0n) is 34.4. The zero-order valence-corrected chi connectivity index (χ0v) is 36.0. The van der Waals surface area contributed by atoms with Gasteiger partial charge < -0.3 is 30.2 Å². The summed E-state index contributed by atoms with van der Waals surface area (Å²) in [5.41, 5.74) is 5.48. The van der Waals surface area contributed by atoms with Gasteiger partial charge in [-0.05, 0) is 69.1 Å². The Balaban J connectivity index is 0. The van der Waals surface area contributed by atoms with Gasteiger partial charge in [-0.1, -0.05) is 147 Å². The van der Waals surface area contributed by atoms with Crippen LogP contribution in [-0.2, 0) is 56.5 Å². The maximum Gasteiger partial charge on any atom is 4.00 e. The van der Waals surface area contributed by atoms with E-state index in [1.54, 1.807) is 0 Å². The molecule has 0 aliphatic carbocycles. The SMILES string of the molecule is CCCC[O-].CCCC[O-].CN(CCN(C)Cc1cc(C(C)(C)C)cc(C(C)(C)C)c1[O-])Cc1cc(C(C)(C)C)cc(C(C)(C)C)c1[O-].[Ti+4]. The molecule has 0 aliphatic heterocycles. The van der Waals surface area contributed by atoms with Gasteiger partial charge >= 0.3 is 21.7 Å². The summed E-state index contributed by atoms with van der Waals surface area (Å²) in [6.45, 7) is 32.9. The van der Waals surface area contributed by atoms with Crippen molar-refractivity contribution in [2.45, 2.75) is 157 Å². The van der Waals surface area contributed by atoms with Crippen molar-refractivity contribution in [3.05, 3.63) is 57.6 Å². The molecule has 0 aliphatic rings. The van der Waals surface area contributed by atoms with Crippen LogP contribution in [0.5, 0.6) is 11.5 Å². The molecule has 0 radical (unpaired) electrons. The second-order valence-corrected chi connectivity index (χ2v) is 17.6. The summed E-state index contributed by atoms with van der Waals surface area (Å²) in [5.74, 6) is 0.325. The van der Waals surface area contributed by atoms with Crippen molar-refractivity contribution in [3.8, 4) is 11.5 Å². The maximum atomic E-state index is 13.4. The summed E-state index contributed by atoms with van der Waals surface area (Å²) in [7, 11) is 4.15. The van der Waals surface area contributed by atoms with Gasteiger partial charge in [0.05, 0.1) is 0 Å². The van der Waals surface area contributed by atoms with Crippen LogP contribution in [0.25, 0.3) is 0 Å². The monoisotopic (exact) mass is 716 g/mol. The Morgan fingerprint density at radius 2 is 0.796 bits per heavy atom. The van der Waals surface area contributed by atoms with Crippen LogP contribution in [0.3, 0.4) is 0 Å². The number of hydrogen-bond acceptors (Lipinski definition) is 6. The van der Waals surface area contributed by atoms with Crippen molar-refractivity contribution in [2.75, 3.05) is 40.4 Å². The average molecular weight is 717 g/mol. The first-order chi connectivity index (χ1) is 21.8.